The lowest BCUT2D eigenvalue weighted by molar-refractivity contribution is -0.140. The van der Waals surface area contributed by atoms with Gasteiger partial charge in [0.05, 0.1) is 11.9 Å². The summed E-state index contributed by atoms with van der Waals surface area (Å²) in [4.78, 5) is 28.0. The Balaban J connectivity index is 2.12. The molecule has 0 spiro atoms. The summed E-state index contributed by atoms with van der Waals surface area (Å²) in [7, 11) is -3.54. The number of unbranched alkanes of at least 4 members (excludes halogenated alkanes) is 1. The van der Waals surface area contributed by atoms with E-state index in [1.807, 2.05) is 37.3 Å². The van der Waals surface area contributed by atoms with Crippen molar-refractivity contribution in [2.45, 2.75) is 58.4 Å². The molecule has 2 aromatic rings. The molecule has 1 N–H and O–H groups in total. The third-order valence-electron chi connectivity index (χ3n) is 5.97. The summed E-state index contributed by atoms with van der Waals surface area (Å²) in [5.74, 6) is -0.306. The molecule has 0 aliphatic carbocycles. The summed E-state index contributed by atoms with van der Waals surface area (Å²) in [5, 5.41) is 3.47. The average Bonchev–Trinajstić information content (AvgIpc) is 2.85. The van der Waals surface area contributed by atoms with Crippen LogP contribution in [0.25, 0.3) is 0 Å². The maximum absolute atomic E-state index is 13.4. The van der Waals surface area contributed by atoms with Crippen molar-refractivity contribution in [3.05, 3.63) is 65.2 Å². The van der Waals surface area contributed by atoms with Gasteiger partial charge < -0.3 is 10.2 Å². The molecule has 2 amide bonds. The van der Waals surface area contributed by atoms with E-state index in [2.05, 4.69) is 12.2 Å². The van der Waals surface area contributed by atoms with Crippen LogP contribution in [0.3, 0.4) is 0 Å². The maximum Gasteiger partial charge on any atom is 0.242 e. The van der Waals surface area contributed by atoms with Crippen LogP contribution >= 0.6 is 11.6 Å². The summed E-state index contributed by atoms with van der Waals surface area (Å²) in [5.41, 5.74) is 1.58. The SMILES string of the molecule is CCCCNC(=O)[C@@H](CC)N(CCc1ccccc1)C(=O)CCCN(c1ccc(Cl)cc1)S(C)(=O)=O. The second kappa shape index (κ2) is 14.9. The maximum atomic E-state index is 13.4. The lowest BCUT2D eigenvalue weighted by atomic mass is 10.1. The second-order valence-electron chi connectivity index (χ2n) is 8.81. The van der Waals surface area contributed by atoms with E-state index in [9.17, 15) is 18.0 Å². The molecule has 1 atom stereocenters. The van der Waals surface area contributed by atoms with Gasteiger partial charge >= 0.3 is 0 Å². The molecule has 0 aromatic heterocycles. The zero-order valence-corrected chi connectivity index (χ0v) is 23.0. The van der Waals surface area contributed by atoms with Gasteiger partial charge in [0.2, 0.25) is 21.8 Å². The predicted octanol–water partition coefficient (Wildman–Crippen LogP) is 4.65. The smallest absolute Gasteiger partial charge is 0.242 e. The zero-order chi connectivity index (χ0) is 26.6. The molecular formula is C27H38ClN3O4S. The Bertz CT molecular complexity index is 1060. The monoisotopic (exact) mass is 535 g/mol. The molecule has 9 heteroatoms. The van der Waals surface area contributed by atoms with Gasteiger partial charge in [-0.2, -0.15) is 0 Å². The Hall–Kier alpha value is -2.58. The first-order valence-corrected chi connectivity index (χ1v) is 14.7. The normalized spacial score (nSPS) is 12.1. The minimum Gasteiger partial charge on any atom is -0.354 e. The summed E-state index contributed by atoms with van der Waals surface area (Å²) in [6.07, 6.45) is 4.58. The number of carbonyl (C=O) groups is 2. The number of hydrogen-bond acceptors (Lipinski definition) is 4. The molecule has 2 rings (SSSR count). The van der Waals surface area contributed by atoms with Crippen molar-refractivity contribution < 1.29 is 18.0 Å². The van der Waals surface area contributed by atoms with E-state index >= 15 is 0 Å². The predicted molar refractivity (Wildman–Crippen MR) is 147 cm³/mol. The van der Waals surface area contributed by atoms with Crippen LogP contribution in [0.5, 0.6) is 0 Å². The molecule has 0 unspecified atom stereocenters. The Morgan fingerprint density at radius 2 is 1.64 bits per heavy atom. The van der Waals surface area contributed by atoms with E-state index in [0.717, 1.165) is 24.7 Å². The molecule has 0 saturated carbocycles. The average molecular weight is 536 g/mol. The van der Waals surface area contributed by atoms with E-state index in [4.69, 9.17) is 11.6 Å². The van der Waals surface area contributed by atoms with Crippen LogP contribution in [0.4, 0.5) is 5.69 Å². The summed E-state index contributed by atoms with van der Waals surface area (Å²) >= 11 is 5.94. The van der Waals surface area contributed by atoms with Gasteiger partial charge in [-0.25, -0.2) is 8.42 Å². The van der Waals surface area contributed by atoms with E-state index in [0.29, 0.717) is 43.1 Å². The van der Waals surface area contributed by atoms with Crippen LogP contribution in [0, 0.1) is 0 Å². The lowest BCUT2D eigenvalue weighted by Crippen LogP contribution is -2.50. The number of benzene rings is 2. The first-order valence-electron chi connectivity index (χ1n) is 12.5. The van der Waals surface area contributed by atoms with Crippen LogP contribution < -0.4 is 9.62 Å². The Morgan fingerprint density at radius 1 is 0.972 bits per heavy atom. The zero-order valence-electron chi connectivity index (χ0n) is 21.5. The standard InChI is InChI=1S/C27H38ClN3O4S/c1-4-6-19-29-27(33)25(5-2)30(21-18-22-11-8-7-9-12-22)26(32)13-10-20-31(36(3,34)35)24-16-14-23(28)15-17-24/h7-9,11-12,14-17,25H,4-6,10,13,18-21H2,1-3H3,(H,29,33)/t25-/m1/s1. The number of carbonyl (C=O) groups excluding carboxylic acids is 2. The molecule has 0 heterocycles. The fourth-order valence-corrected chi connectivity index (χ4v) is 5.10. The fraction of sp³-hybridized carbons (Fsp3) is 0.481. The van der Waals surface area contributed by atoms with Crippen LogP contribution in [0.1, 0.15) is 51.5 Å². The van der Waals surface area contributed by atoms with Gasteiger partial charge in [0.25, 0.3) is 0 Å². The second-order valence-corrected chi connectivity index (χ2v) is 11.1. The van der Waals surface area contributed by atoms with Crippen molar-refractivity contribution in [3.63, 3.8) is 0 Å². The Labute approximate surface area is 220 Å². The molecule has 2 aromatic carbocycles. The van der Waals surface area contributed by atoms with Crippen molar-refractivity contribution in [2.75, 3.05) is 30.2 Å². The number of sulfonamides is 1. The number of rotatable bonds is 15. The van der Waals surface area contributed by atoms with E-state index < -0.39 is 16.1 Å². The number of nitrogens with zero attached hydrogens (tertiary/aromatic N) is 2. The quantitative estimate of drug-likeness (QED) is 0.336. The molecule has 7 nitrogen and oxygen atoms in total. The third-order valence-corrected chi connectivity index (χ3v) is 7.41. The van der Waals surface area contributed by atoms with Crippen molar-refractivity contribution in [3.8, 4) is 0 Å². The number of hydrogen-bond donors (Lipinski definition) is 1. The minimum absolute atomic E-state index is 0.132. The number of halogens is 1. The highest BCUT2D eigenvalue weighted by Gasteiger charge is 2.28. The van der Waals surface area contributed by atoms with Crippen molar-refractivity contribution in [2.24, 2.45) is 0 Å². The first-order chi connectivity index (χ1) is 17.2. The van der Waals surface area contributed by atoms with Gasteiger partial charge in [0.15, 0.2) is 0 Å². The highest BCUT2D eigenvalue weighted by atomic mass is 35.5. The molecule has 0 fully saturated rings. The van der Waals surface area contributed by atoms with Crippen LogP contribution in [0.15, 0.2) is 54.6 Å². The van der Waals surface area contributed by atoms with Gasteiger partial charge in [-0.05, 0) is 55.5 Å². The van der Waals surface area contributed by atoms with Crippen LogP contribution in [0.2, 0.25) is 5.02 Å². The fourth-order valence-electron chi connectivity index (χ4n) is 4.01. The number of nitrogens with one attached hydrogen (secondary N) is 1. The summed E-state index contributed by atoms with van der Waals surface area (Å²) in [6, 6.07) is 15.8. The van der Waals surface area contributed by atoms with Gasteiger partial charge in [0, 0.05) is 31.1 Å². The van der Waals surface area contributed by atoms with Crippen molar-refractivity contribution >= 4 is 39.1 Å². The number of amides is 2. The van der Waals surface area contributed by atoms with Crippen LogP contribution in [-0.2, 0) is 26.0 Å². The Morgan fingerprint density at radius 3 is 2.22 bits per heavy atom. The molecule has 0 aliphatic heterocycles. The van der Waals surface area contributed by atoms with Gasteiger partial charge in [-0.15, -0.1) is 0 Å². The third kappa shape index (κ3) is 9.47. The minimum atomic E-state index is -3.54. The number of anilines is 1. The molecule has 0 aliphatic rings. The molecule has 198 valence electrons. The van der Waals surface area contributed by atoms with Gasteiger partial charge in [-0.3, -0.25) is 13.9 Å². The van der Waals surface area contributed by atoms with E-state index in [1.54, 1.807) is 29.2 Å². The van der Waals surface area contributed by atoms with Gasteiger partial charge in [-0.1, -0.05) is 62.2 Å². The lowest BCUT2D eigenvalue weighted by Gasteiger charge is -2.31. The molecule has 0 radical (unpaired) electrons. The highest BCUT2D eigenvalue weighted by Crippen LogP contribution is 2.21. The molecule has 0 saturated heterocycles. The van der Waals surface area contributed by atoms with Crippen LogP contribution in [-0.4, -0.2) is 57.1 Å². The molecule has 36 heavy (non-hydrogen) atoms. The molecule has 0 bridgehead atoms. The topological polar surface area (TPSA) is 86.8 Å². The highest BCUT2D eigenvalue weighted by molar-refractivity contribution is 7.92. The van der Waals surface area contributed by atoms with E-state index in [1.165, 1.54) is 4.31 Å². The van der Waals surface area contributed by atoms with Crippen molar-refractivity contribution in [1.29, 1.82) is 0 Å². The Kier molecular flexibility index (Phi) is 12.2. The molecular weight excluding hydrogens is 498 g/mol. The summed E-state index contributed by atoms with van der Waals surface area (Å²) < 4.78 is 26.1. The van der Waals surface area contributed by atoms with Gasteiger partial charge in [0.1, 0.15) is 6.04 Å². The largest absolute Gasteiger partial charge is 0.354 e. The summed E-state index contributed by atoms with van der Waals surface area (Å²) in [6.45, 7) is 5.10. The van der Waals surface area contributed by atoms with E-state index in [-0.39, 0.29) is 24.8 Å². The van der Waals surface area contributed by atoms with Crippen molar-refractivity contribution in [1.82, 2.24) is 10.2 Å². The first kappa shape index (κ1) is 29.6.